The lowest BCUT2D eigenvalue weighted by Gasteiger charge is -2.25. The Morgan fingerprint density at radius 2 is 1.75 bits per heavy atom. The molecule has 1 aromatic carbocycles. The first-order valence-corrected chi connectivity index (χ1v) is 8.42. The van der Waals surface area contributed by atoms with E-state index < -0.39 is 38.0 Å². The second-order valence-corrected chi connectivity index (χ2v) is 7.60. The average molecular weight is 364 g/mol. The third-order valence-electron chi connectivity index (χ3n) is 3.09. The fraction of sp³-hybridized carbons (Fsp3) is 0.429. The molecule has 0 heterocycles. The van der Waals surface area contributed by atoms with Crippen molar-refractivity contribution in [2.45, 2.75) is 42.9 Å². The minimum Gasteiger partial charge on any atom is -0.481 e. The summed E-state index contributed by atoms with van der Waals surface area (Å²) in [6.45, 7) is 3.29. The predicted molar refractivity (Wildman–Crippen MR) is 82.7 cm³/mol. The van der Waals surface area contributed by atoms with E-state index >= 15 is 0 Å². The summed E-state index contributed by atoms with van der Waals surface area (Å²) >= 11 is 0. The maximum atomic E-state index is 12.4. The van der Waals surface area contributed by atoms with Crippen molar-refractivity contribution in [3.8, 4) is 0 Å². The maximum Gasteiger partial charge on any atom is 0.341 e. The number of benzene rings is 1. The van der Waals surface area contributed by atoms with Crippen molar-refractivity contribution >= 4 is 27.5 Å². The molecule has 7 nitrogen and oxygen atoms in total. The average Bonchev–Trinajstić information content (AvgIpc) is 2.45. The summed E-state index contributed by atoms with van der Waals surface area (Å²) in [5.41, 5.74) is -0.573. The molecule has 0 saturated carbocycles. The normalized spacial score (nSPS) is 12.0. The first kappa shape index (κ1) is 19.8. The molecule has 0 bridgehead atoms. The van der Waals surface area contributed by atoms with Gasteiger partial charge >= 0.3 is 17.8 Å². The molecule has 0 unspecified atom stereocenters. The third kappa shape index (κ3) is 5.76. The van der Waals surface area contributed by atoms with E-state index in [1.807, 2.05) is 0 Å². The van der Waals surface area contributed by atoms with Gasteiger partial charge in [-0.05, 0) is 44.5 Å². The van der Waals surface area contributed by atoms with Gasteiger partial charge in [0.05, 0.1) is 4.90 Å². The summed E-state index contributed by atoms with van der Waals surface area (Å²) in [7, 11) is -4.68. The summed E-state index contributed by atoms with van der Waals surface area (Å²) in [5, 5.41) is 13.6. The van der Waals surface area contributed by atoms with E-state index in [1.165, 1.54) is 12.1 Å². The van der Waals surface area contributed by atoms with Crippen LogP contribution in [-0.4, -0.2) is 36.8 Å². The molecule has 1 aromatic rings. The molecule has 3 N–H and O–H groups in total. The summed E-state index contributed by atoms with van der Waals surface area (Å²) in [6, 6.07) is 3.66. The van der Waals surface area contributed by atoms with Crippen LogP contribution in [0, 0.1) is 0 Å². The Hall–Kier alpha value is -2.23. The fourth-order valence-electron chi connectivity index (χ4n) is 1.78. The fourth-order valence-corrected chi connectivity index (χ4v) is 2.50. The summed E-state index contributed by atoms with van der Waals surface area (Å²) in [5.74, 6) is -4.50. The molecule has 0 aliphatic rings. The highest BCUT2D eigenvalue weighted by Gasteiger charge is 2.26. The highest BCUT2D eigenvalue weighted by atomic mass is 32.2. The number of carboxylic acids is 1. The molecule has 0 fully saturated rings. The largest absolute Gasteiger partial charge is 0.481 e. The Labute approximate surface area is 138 Å². The van der Waals surface area contributed by atoms with Gasteiger partial charge in [-0.25, -0.2) is 13.2 Å². The van der Waals surface area contributed by atoms with Gasteiger partial charge in [-0.15, -0.1) is 0 Å². The zero-order chi connectivity index (χ0) is 18.5. The molecule has 134 valence electrons. The Morgan fingerprint density at radius 3 is 2.21 bits per heavy atom. The quantitative estimate of drug-likeness (QED) is 0.688. The Balaban J connectivity index is 2.70. The van der Waals surface area contributed by atoms with Crippen molar-refractivity contribution in [3.63, 3.8) is 0 Å². The number of aliphatic carboxylic acids is 1. The molecule has 0 saturated heterocycles. The van der Waals surface area contributed by atoms with E-state index in [-0.39, 0.29) is 18.5 Å². The number of rotatable bonds is 7. The molecular formula is C14H18F2N2O5S. The van der Waals surface area contributed by atoms with Gasteiger partial charge in [0.25, 0.3) is 0 Å². The van der Waals surface area contributed by atoms with E-state index in [4.69, 9.17) is 5.11 Å². The molecule has 1 rings (SSSR count). The summed E-state index contributed by atoms with van der Waals surface area (Å²) in [4.78, 5) is 21.9. The molecule has 0 aliphatic heterocycles. The molecule has 2 amide bonds. The lowest BCUT2D eigenvalue weighted by atomic mass is 9.99. The molecule has 10 heteroatoms. The molecule has 0 aromatic heterocycles. The number of anilines is 1. The van der Waals surface area contributed by atoms with Crippen LogP contribution >= 0.6 is 0 Å². The van der Waals surface area contributed by atoms with Gasteiger partial charge in [0.1, 0.15) is 0 Å². The Bertz CT molecular complexity index is 702. The van der Waals surface area contributed by atoms with Crippen molar-refractivity contribution in [2.24, 2.45) is 0 Å². The van der Waals surface area contributed by atoms with Gasteiger partial charge in [0, 0.05) is 17.6 Å². The Kier molecular flexibility index (Phi) is 6.24. The number of carbonyl (C=O) groups excluding carboxylic acids is 1. The van der Waals surface area contributed by atoms with Crippen LogP contribution in [-0.2, 0) is 14.6 Å². The van der Waals surface area contributed by atoms with E-state index in [9.17, 15) is 26.8 Å². The minimum atomic E-state index is -4.68. The first-order chi connectivity index (χ1) is 10.9. The Morgan fingerprint density at radius 1 is 1.21 bits per heavy atom. The van der Waals surface area contributed by atoms with Crippen molar-refractivity contribution in [1.29, 1.82) is 0 Å². The number of hydrogen-bond donors (Lipinski definition) is 3. The number of amides is 2. The van der Waals surface area contributed by atoms with Crippen molar-refractivity contribution in [3.05, 3.63) is 24.3 Å². The zero-order valence-corrected chi connectivity index (χ0v) is 13.9. The number of carbonyl (C=O) groups is 2. The van der Waals surface area contributed by atoms with Crippen LogP contribution in [0.25, 0.3) is 0 Å². The van der Waals surface area contributed by atoms with Gasteiger partial charge in [-0.1, -0.05) is 0 Å². The lowest BCUT2D eigenvalue weighted by Crippen LogP contribution is -2.45. The number of halogens is 2. The number of nitrogens with one attached hydrogen (secondary N) is 2. The van der Waals surface area contributed by atoms with Crippen molar-refractivity contribution < 1.29 is 31.9 Å². The molecule has 24 heavy (non-hydrogen) atoms. The topological polar surface area (TPSA) is 113 Å². The van der Waals surface area contributed by atoms with Gasteiger partial charge < -0.3 is 15.7 Å². The van der Waals surface area contributed by atoms with E-state index in [0.717, 1.165) is 12.1 Å². The number of sulfone groups is 1. The smallest absolute Gasteiger partial charge is 0.341 e. The maximum absolute atomic E-state index is 12.4. The van der Waals surface area contributed by atoms with Crippen LogP contribution < -0.4 is 10.6 Å². The molecule has 0 atom stereocenters. The van der Waals surface area contributed by atoms with Gasteiger partial charge in [-0.2, -0.15) is 8.78 Å². The third-order valence-corrected chi connectivity index (χ3v) is 4.49. The summed E-state index contributed by atoms with van der Waals surface area (Å²) in [6.07, 6.45) is 0.0921. The zero-order valence-electron chi connectivity index (χ0n) is 13.0. The van der Waals surface area contributed by atoms with Crippen molar-refractivity contribution in [2.75, 3.05) is 5.32 Å². The van der Waals surface area contributed by atoms with E-state index in [0.29, 0.717) is 0 Å². The van der Waals surface area contributed by atoms with Gasteiger partial charge in [0.15, 0.2) is 0 Å². The van der Waals surface area contributed by atoms with Crippen LogP contribution in [0.15, 0.2) is 29.2 Å². The first-order valence-electron chi connectivity index (χ1n) is 6.87. The van der Waals surface area contributed by atoms with E-state index in [1.54, 1.807) is 13.8 Å². The minimum absolute atomic E-state index is 0.118. The highest BCUT2D eigenvalue weighted by molar-refractivity contribution is 7.91. The number of hydrogen-bond acceptors (Lipinski definition) is 4. The number of urea groups is 1. The molecule has 0 radical (unpaired) electrons. The second-order valence-electron chi connectivity index (χ2n) is 5.69. The predicted octanol–water partition coefficient (Wildman–Crippen LogP) is 2.45. The van der Waals surface area contributed by atoms with Crippen molar-refractivity contribution in [1.82, 2.24) is 5.32 Å². The number of alkyl halides is 2. The molecule has 0 spiro atoms. The van der Waals surface area contributed by atoms with Crippen LogP contribution in [0.1, 0.15) is 26.7 Å². The van der Waals surface area contributed by atoms with Gasteiger partial charge in [0.2, 0.25) is 9.84 Å². The molecule has 0 aliphatic carbocycles. The van der Waals surface area contributed by atoms with Crippen LogP contribution in [0.3, 0.4) is 0 Å². The monoisotopic (exact) mass is 364 g/mol. The number of carboxylic acid groups (broad SMARTS) is 1. The molecular weight excluding hydrogens is 346 g/mol. The standard InChI is InChI=1S/C14H18F2N2O5S/c1-14(2,8-7-11(19)20)18-13(21)17-9-3-5-10(6-4-9)24(22,23)12(15)16/h3-6,12H,7-8H2,1-2H3,(H,19,20)(H2,17,18,21). The SMILES string of the molecule is CC(C)(CCC(=O)O)NC(=O)Nc1ccc(S(=O)(=O)C(F)F)cc1. The van der Waals surface area contributed by atoms with Crippen LogP contribution in [0.2, 0.25) is 0 Å². The second kappa shape index (κ2) is 7.56. The van der Waals surface area contributed by atoms with Crippen LogP contribution in [0.5, 0.6) is 0 Å². The van der Waals surface area contributed by atoms with E-state index in [2.05, 4.69) is 10.6 Å². The van der Waals surface area contributed by atoms with Gasteiger partial charge in [-0.3, -0.25) is 4.79 Å². The lowest BCUT2D eigenvalue weighted by molar-refractivity contribution is -0.137. The highest BCUT2D eigenvalue weighted by Crippen LogP contribution is 2.20. The summed E-state index contributed by atoms with van der Waals surface area (Å²) < 4.78 is 47.4. The van der Waals surface area contributed by atoms with Crippen LogP contribution in [0.4, 0.5) is 19.3 Å².